The number of nitrogens with zero attached hydrogens (tertiary/aromatic N) is 2. The molecule has 1 heterocycles. The molecular formula is C13H15N3O. The molecule has 0 aliphatic rings. The molecule has 0 saturated heterocycles. The van der Waals surface area contributed by atoms with Crippen LogP contribution in [-0.2, 0) is 6.54 Å². The summed E-state index contributed by atoms with van der Waals surface area (Å²) in [7, 11) is 0. The van der Waals surface area contributed by atoms with Gasteiger partial charge in [0, 0.05) is 18.0 Å². The highest BCUT2D eigenvalue weighted by molar-refractivity contribution is 5.50. The summed E-state index contributed by atoms with van der Waals surface area (Å²) in [5.41, 5.74) is 2.68. The van der Waals surface area contributed by atoms with Crippen LogP contribution in [-0.4, -0.2) is 15.1 Å². The molecule has 0 unspecified atom stereocenters. The second kappa shape index (κ2) is 4.82. The zero-order chi connectivity index (χ0) is 12.3. The number of phenols is 1. The molecule has 4 heteroatoms. The van der Waals surface area contributed by atoms with Crippen LogP contribution in [0, 0.1) is 13.8 Å². The Morgan fingerprint density at radius 1 is 1.24 bits per heavy atom. The second-order valence-electron chi connectivity index (χ2n) is 3.95. The van der Waals surface area contributed by atoms with E-state index in [1.54, 1.807) is 12.3 Å². The SMILES string of the molecule is Cc1nccc(CNc2ccc(C)c(O)c2)n1. The first-order valence-electron chi connectivity index (χ1n) is 5.47. The fourth-order valence-corrected chi connectivity index (χ4v) is 1.52. The molecule has 4 nitrogen and oxygen atoms in total. The molecule has 1 aromatic carbocycles. The van der Waals surface area contributed by atoms with Crippen molar-refractivity contribution in [1.29, 1.82) is 0 Å². The van der Waals surface area contributed by atoms with E-state index < -0.39 is 0 Å². The van der Waals surface area contributed by atoms with Gasteiger partial charge < -0.3 is 10.4 Å². The summed E-state index contributed by atoms with van der Waals surface area (Å²) >= 11 is 0. The molecule has 0 amide bonds. The van der Waals surface area contributed by atoms with Crippen molar-refractivity contribution in [1.82, 2.24) is 9.97 Å². The first-order chi connectivity index (χ1) is 8.15. The Morgan fingerprint density at radius 3 is 2.76 bits per heavy atom. The number of anilines is 1. The van der Waals surface area contributed by atoms with Gasteiger partial charge in [0.1, 0.15) is 11.6 Å². The van der Waals surface area contributed by atoms with E-state index in [2.05, 4.69) is 15.3 Å². The van der Waals surface area contributed by atoms with Crippen LogP contribution in [0.25, 0.3) is 0 Å². The Kier molecular flexibility index (Phi) is 3.23. The van der Waals surface area contributed by atoms with Crippen LogP contribution in [0.4, 0.5) is 5.69 Å². The van der Waals surface area contributed by atoms with Crippen LogP contribution < -0.4 is 5.32 Å². The topological polar surface area (TPSA) is 58.0 Å². The molecule has 1 aromatic heterocycles. The average molecular weight is 229 g/mol. The minimum atomic E-state index is 0.300. The van der Waals surface area contributed by atoms with Crippen LogP contribution in [0.1, 0.15) is 17.1 Å². The molecule has 2 aromatic rings. The van der Waals surface area contributed by atoms with Gasteiger partial charge in [0.25, 0.3) is 0 Å². The molecule has 0 aliphatic heterocycles. The Balaban J connectivity index is 2.05. The van der Waals surface area contributed by atoms with Gasteiger partial charge in [-0.1, -0.05) is 6.07 Å². The molecular weight excluding hydrogens is 214 g/mol. The number of rotatable bonds is 3. The Labute approximate surface area is 100 Å². The summed E-state index contributed by atoms with van der Waals surface area (Å²) in [6.45, 7) is 4.35. The zero-order valence-electron chi connectivity index (χ0n) is 9.94. The van der Waals surface area contributed by atoms with Gasteiger partial charge >= 0.3 is 0 Å². The third-order valence-electron chi connectivity index (χ3n) is 2.52. The molecule has 0 atom stereocenters. The van der Waals surface area contributed by atoms with E-state index in [4.69, 9.17) is 0 Å². The van der Waals surface area contributed by atoms with Crippen molar-refractivity contribution < 1.29 is 5.11 Å². The largest absolute Gasteiger partial charge is 0.508 e. The zero-order valence-corrected chi connectivity index (χ0v) is 9.94. The van der Waals surface area contributed by atoms with E-state index in [1.165, 1.54) is 0 Å². The maximum atomic E-state index is 9.58. The van der Waals surface area contributed by atoms with Gasteiger partial charge in [0.05, 0.1) is 12.2 Å². The lowest BCUT2D eigenvalue weighted by molar-refractivity contribution is 0.471. The number of hydrogen-bond donors (Lipinski definition) is 2. The molecule has 0 bridgehead atoms. The van der Waals surface area contributed by atoms with Crippen LogP contribution in [0.15, 0.2) is 30.5 Å². The van der Waals surface area contributed by atoms with Gasteiger partial charge in [-0.15, -0.1) is 0 Å². The van der Waals surface area contributed by atoms with E-state index in [0.717, 1.165) is 22.8 Å². The first-order valence-corrected chi connectivity index (χ1v) is 5.47. The van der Waals surface area contributed by atoms with Crippen LogP contribution >= 0.6 is 0 Å². The third kappa shape index (κ3) is 2.93. The monoisotopic (exact) mass is 229 g/mol. The second-order valence-corrected chi connectivity index (χ2v) is 3.95. The fourth-order valence-electron chi connectivity index (χ4n) is 1.52. The number of benzene rings is 1. The van der Waals surface area contributed by atoms with E-state index in [1.807, 2.05) is 32.0 Å². The number of phenolic OH excluding ortho intramolecular Hbond substituents is 1. The quantitative estimate of drug-likeness (QED) is 0.848. The van der Waals surface area contributed by atoms with Crippen LogP contribution in [0.3, 0.4) is 0 Å². The first kappa shape index (κ1) is 11.4. The normalized spacial score (nSPS) is 10.2. The lowest BCUT2D eigenvalue weighted by atomic mass is 10.2. The number of hydrogen-bond acceptors (Lipinski definition) is 4. The lowest BCUT2D eigenvalue weighted by Crippen LogP contribution is -2.03. The van der Waals surface area contributed by atoms with Crippen LogP contribution in [0.2, 0.25) is 0 Å². The summed E-state index contributed by atoms with van der Waals surface area (Å²) in [5.74, 6) is 1.06. The molecule has 17 heavy (non-hydrogen) atoms. The number of aryl methyl sites for hydroxylation is 2. The van der Waals surface area contributed by atoms with Crippen molar-refractivity contribution >= 4 is 5.69 Å². The van der Waals surface area contributed by atoms with E-state index in [0.29, 0.717) is 12.3 Å². The van der Waals surface area contributed by atoms with Crippen molar-refractivity contribution in [2.75, 3.05) is 5.32 Å². The van der Waals surface area contributed by atoms with E-state index in [-0.39, 0.29) is 0 Å². The highest BCUT2D eigenvalue weighted by Crippen LogP contribution is 2.20. The predicted octanol–water partition coefficient (Wildman–Crippen LogP) is 2.41. The summed E-state index contributed by atoms with van der Waals surface area (Å²) in [6, 6.07) is 7.39. The smallest absolute Gasteiger partial charge is 0.125 e. The Morgan fingerprint density at radius 2 is 2.06 bits per heavy atom. The molecule has 0 aliphatic carbocycles. The van der Waals surface area contributed by atoms with Crippen molar-refractivity contribution in [2.45, 2.75) is 20.4 Å². The van der Waals surface area contributed by atoms with Crippen molar-refractivity contribution in [2.24, 2.45) is 0 Å². The standard InChI is InChI=1S/C13H15N3O/c1-9-3-4-11(7-13(9)17)15-8-12-5-6-14-10(2)16-12/h3-7,15,17H,8H2,1-2H3. The van der Waals surface area contributed by atoms with Crippen molar-refractivity contribution in [3.63, 3.8) is 0 Å². The molecule has 2 rings (SSSR count). The maximum Gasteiger partial charge on any atom is 0.125 e. The summed E-state index contributed by atoms with van der Waals surface area (Å²) < 4.78 is 0. The average Bonchev–Trinajstić information content (AvgIpc) is 2.31. The maximum absolute atomic E-state index is 9.58. The highest BCUT2D eigenvalue weighted by Gasteiger charge is 1.99. The Hall–Kier alpha value is -2.10. The van der Waals surface area contributed by atoms with Crippen molar-refractivity contribution in [3.8, 4) is 5.75 Å². The minimum absolute atomic E-state index is 0.300. The minimum Gasteiger partial charge on any atom is -0.508 e. The molecule has 0 spiro atoms. The number of aromatic nitrogens is 2. The van der Waals surface area contributed by atoms with Crippen LogP contribution in [0.5, 0.6) is 5.75 Å². The van der Waals surface area contributed by atoms with Gasteiger partial charge in [0.15, 0.2) is 0 Å². The summed E-state index contributed by atoms with van der Waals surface area (Å²) in [4.78, 5) is 8.33. The predicted molar refractivity (Wildman–Crippen MR) is 66.9 cm³/mol. The van der Waals surface area contributed by atoms with E-state index in [9.17, 15) is 5.11 Å². The van der Waals surface area contributed by atoms with Gasteiger partial charge in [-0.25, -0.2) is 9.97 Å². The molecule has 88 valence electrons. The highest BCUT2D eigenvalue weighted by atomic mass is 16.3. The van der Waals surface area contributed by atoms with Gasteiger partial charge in [0.2, 0.25) is 0 Å². The Bertz CT molecular complexity index is 526. The molecule has 0 fully saturated rings. The van der Waals surface area contributed by atoms with Gasteiger partial charge in [-0.05, 0) is 31.5 Å². The van der Waals surface area contributed by atoms with Gasteiger partial charge in [-0.2, -0.15) is 0 Å². The number of nitrogens with one attached hydrogen (secondary N) is 1. The lowest BCUT2D eigenvalue weighted by Gasteiger charge is -2.07. The van der Waals surface area contributed by atoms with Gasteiger partial charge in [-0.3, -0.25) is 0 Å². The molecule has 2 N–H and O–H groups in total. The number of aromatic hydroxyl groups is 1. The molecule has 0 radical (unpaired) electrons. The van der Waals surface area contributed by atoms with Crippen molar-refractivity contribution in [3.05, 3.63) is 47.5 Å². The third-order valence-corrected chi connectivity index (χ3v) is 2.52. The summed E-state index contributed by atoms with van der Waals surface area (Å²) in [6.07, 6.45) is 1.74. The fraction of sp³-hybridized carbons (Fsp3) is 0.231. The van der Waals surface area contributed by atoms with E-state index >= 15 is 0 Å². The summed E-state index contributed by atoms with van der Waals surface area (Å²) in [5, 5.41) is 12.8. The molecule has 0 saturated carbocycles.